The summed E-state index contributed by atoms with van der Waals surface area (Å²) in [5, 5.41) is -11.0. The third-order valence-corrected chi connectivity index (χ3v) is 13.2. The maximum atomic E-state index is 11.4. The summed E-state index contributed by atoms with van der Waals surface area (Å²) in [5.74, 6) is 0.167. The van der Waals surface area contributed by atoms with Gasteiger partial charge in [-0.15, -0.1) is 0 Å². The Kier molecular flexibility index (Phi) is 78.0. The smallest absolute Gasteiger partial charge is 1.00 e. The number of carbonyl (C=O) groups excluding carboxylic acids is 1. The monoisotopic (exact) mass is 1220 g/mol. The van der Waals surface area contributed by atoms with Gasteiger partial charge < -0.3 is 48.5 Å². The first-order valence-corrected chi connectivity index (χ1v) is 28.4. The molecule has 0 aromatic carbocycles. The average Bonchev–Trinajstić information content (AvgIpc) is 3.87. The Morgan fingerprint density at radius 1 is 0.473 bits per heavy atom. The van der Waals surface area contributed by atoms with E-state index >= 15 is 0 Å². The SMILES string of the molecule is C.C.CC(C)=O.CCCCCCCCCCCCCCCCN1CC[NH+](C)C1.CCCCCCCCCCCCCCCCN1CC[NH+](C)C1.O=S(=O)([O-])C(F)(F)C(F)F.O=S(=O)([O-])C(F)(F)C(F)F.[Cl-].[Cl-].[K+].[K+]. The van der Waals surface area contributed by atoms with Crippen molar-refractivity contribution in [2.24, 2.45) is 0 Å². The van der Waals surface area contributed by atoms with Gasteiger partial charge in [-0.1, -0.05) is 196 Å². The van der Waals surface area contributed by atoms with Crippen LogP contribution in [0, 0.1) is 0 Å². The molecule has 25 heteroatoms. The molecule has 0 amide bonds. The fraction of sp³-hybridized carbons (Fsp3) is 0.980. The number of hydrogen-bond donors (Lipinski definition) is 2. The van der Waals surface area contributed by atoms with Gasteiger partial charge in [-0.2, -0.15) is 17.6 Å². The number of nitrogens with zero attached hydrogens (tertiary/aromatic N) is 2. The molecule has 2 N–H and O–H groups in total. The van der Waals surface area contributed by atoms with E-state index in [0.29, 0.717) is 0 Å². The van der Waals surface area contributed by atoms with Crippen molar-refractivity contribution < 1.29 is 203 Å². The molecule has 11 nitrogen and oxygen atoms in total. The molecule has 2 aliphatic heterocycles. The van der Waals surface area contributed by atoms with Gasteiger partial charge in [0, 0.05) is 13.1 Å². The van der Waals surface area contributed by atoms with Crippen LogP contribution >= 0.6 is 0 Å². The van der Waals surface area contributed by atoms with E-state index in [-0.39, 0.29) is 148 Å². The van der Waals surface area contributed by atoms with Gasteiger partial charge in [-0.3, -0.25) is 9.80 Å². The van der Waals surface area contributed by atoms with Gasteiger partial charge in [0.15, 0.2) is 20.2 Å². The minimum Gasteiger partial charge on any atom is -1.00 e. The van der Waals surface area contributed by atoms with Crippen molar-refractivity contribution in [3.8, 4) is 0 Å². The Bertz CT molecular complexity index is 1320. The predicted octanol–water partition coefficient (Wildman–Crippen LogP) is -0.827. The van der Waals surface area contributed by atoms with Crippen LogP contribution < -0.4 is 137 Å². The number of alkyl halides is 8. The zero-order chi connectivity index (χ0) is 52.5. The molecule has 0 aliphatic carbocycles. The predicted molar refractivity (Wildman–Crippen MR) is 268 cm³/mol. The second-order valence-corrected chi connectivity index (χ2v) is 21.6. The van der Waals surface area contributed by atoms with Crippen LogP contribution in [0.1, 0.15) is 222 Å². The topological polar surface area (TPSA) is 147 Å². The van der Waals surface area contributed by atoms with Crippen LogP contribution in [-0.2, 0) is 25.0 Å². The Hall–Kier alpha value is 2.62. The number of nitrogens with one attached hydrogen (secondary N) is 2. The Balaban J connectivity index is -0.000000109. The van der Waals surface area contributed by atoms with Gasteiger partial charge in [0.25, 0.3) is 0 Å². The van der Waals surface area contributed by atoms with Crippen LogP contribution in [0.25, 0.3) is 0 Å². The molecule has 2 rings (SSSR count). The number of Topliss-reactive ketones (excluding diaryl/α,β-unsaturated/α-hetero) is 1. The molecule has 444 valence electrons. The Morgan fingerprint density at radius 2 is 0.649 bits per heavy atom. The minimum absolute atomic E-state index is 0. The van der Waals surface area contributed by atoms with E-state index < -0.39 is 43.6 Å². The molecule has 2 saturated heterocycles. The van der Waals surface area contributed by atoms with Crippen molar-refractivity contribution in [1.29, 1.82) is 0 Å². The van der Waals surface area contributed by atoms with E-state index in [1.54, 1.807) is 9.80 Å². The molecular formula is C49H102Cl2F8K2N4O7S2. The van der Waals surface area contributed by atoms with Crippen molar-refractivity contribution in [1.82, 2.24) is 9.80 Å². The third kappa shape index (κ3) is 59.3. The first-order valence-electron chi connectivity index (χ1n) is 25.5. The second-order valence-electron chi connectivity index (χ2n) is 18.7. The molecule has 0 radical (unpaired) electrons. The van der Waals surface area contributed by atoms with Crippen LogP contribution in [0.15, 0.2) is 0 Å². The first kappa shape index (κ1) is 95.8. The van der Waals surface area contributed by atoms with E-state index in [1.807, 2.05) is 0 Å². The molecule has 2 unspecified atom stereocenters. The number of carbonyl (C=O) groups is 1. The summed E-state index contributed by atoms with van der Waals surface area (Å²) in [7, 11) is -7.85. The van der Waals surface area contributed by atoms with Crippen molar-refractivity contribution in [2.45, 2.75) is 246 Å². The van der Waals surface area contributed by atoms with Gasteiger partial charge in [0.1, 0.15) is 19.1 Å². The van der Waals surface area contributed by atoms with Crippen molar-refractivity contribution >= 4 is 26.0 Å². The number of hydrogen-bond acceptors (Lipinski definition) is 9. The maximum Gasteiger partial charge on any atom is 1.00 e. The molecular weight excluding hydrogens is 1120 g/mol. The van der Waals surface area contributed by atoms with Crippen molar-refractivity contribution in [2.75, 3.05) is 66.7 Å². The zero-order valence-corrected chi connectivity index (χ0v) is 54.8. The molecule has 74 heavy (non-hydrogen) atoms. The second kappa shape index (κ2) is 60.2. The number of likely N-dealkylation sites (N-methyl/N-ethyl adjacent to an activating group) is 2. The largest absolute Gasteiger partial charge is 1.00 e. The summed E-state index contributed by atoms with van der Waals surface area (Å²) >= 11 is 0. The van der Waals surface area contributed by atoms with Crippen LogP contribution in [0.4, 0.5) is 35.1 Å². The quantitative estimate of drug-likeness (QED) is 0.0366. The summed E-state index contributed by atoms with van der Waals surface area (Å²) in [4.78, 5) is 18.1. The molecule has 2 heterocycles. The molecule has 0 aromatic rings. The zero-order valence-electron chi connectivity index (χ0n) is 45.5. The summed E-state index contributed by atoms with van der Waals surface area (Å²) in [6.45, 7) is 18.2. The molecule has 0 aromatic heterocycles. The molecule has 2 aliphatic rings. The number of halogens is 10. The standard InChI is InChI=1S/2C20H42N2.C3H6O.2C2H2F4O3S.2CH4.2ClH.2K/c2*1-3-4-5-6-7-8-9-10-11-12-13-14-15-16-17-22-19-18-21(2)20-22;1-3(2)4;2*3-1(4)2(5,6)10(7,8)9;;;;;;/h2*3-20H2,1-2H3;1-2H3;2*1H,(H,7,8,9);2*1H4;2*1H;;/q;;;;;;;;;2*+1/p-2. The van der Waals surface area contributed by atoms with Gasteiger partial charge >= 0.3 is 126 Å². The number of ketones is 1. The van der Waals surface area contributed by atoms with Gasteiger partial charge in [-0.05, 0) is 26.7 Å². The van der Waals surface area contributed by atoms with E-state index in [2.05, 4.69) is 37.7 Å². The number of unbranched alkanes of at least 4 members (excludes halogenated alkanes) is 26. The summed E-state index contributed by atoms with van der Waals surface area (Å²) in [6.07, 6.45) is 31.9. The minimum atomic E-state index is -6.23. The first-order chi connectivity index (χ1) is 31.8. The van der Waals surface area contributed by atoms with Crippen LogP contribution in [0.3, 0.4) is 0 Å². The average molecular weight is 1220 g/mol. The maximum absolute atomic E-state index is 11.4. The Morgan fingerprint density at radius 3 is 0.770 bits per heavy atom. The van der Waals surface area contributed by atoms with E-state index in [1.165, 1.54) is 246 Å². The fourth-order valence-electron chi connectivity index (χ4n) is 7.44. The summed E-state index contributed by atoms with van der Waals surface area (Å²) in [5.41, 5.74) is 0. The number of quaternary nitrogens is 2. The Labute approximate surface area is 544 Å². The fourth-order valence-corrected chi connectivity index (χ4v) is 7.87. The van der Waals surface area contributed by atoms with E-state index in [9.17, 15) is 65.9 Å². The third-order valence-electron chi connectivity index (χ3n) is 11.5. The van der Waals surface area contributed by atoms with Gasteiger partial charge in [0.2, 0.25) is 0 Å². The molecule has 2 fully saturated rings. The van der Waals surface area contributed by atoms with Crippen LogP contribution in [0.5, 0.6) is 0 Å². The molecule has 0 spiro atoms. The molecule has 0 bridgehead atoms. The van der Waals surface area contributed by atoms with E-state index in [4.69, 9.17) is 0 Å². The number of rotatable bonds is 34. The molecule has 0 saturated carbocycles. The normalized spacial score (nSPS) is 15.5. The van der Waals surface area contributed by atoms with Crippen LogP contribution in [-0.4, -0.2) is 132 Å². The summed E-state index contributed by atoms with van der Waals surface area (Å²) < 4.78 is 145. The molecule has 2 atom stereocenters. The van der Waals surface area contributed by atoms with Crippen LogP contribution in [0.2, 0.25) is 0 Å². The summed E-state index contributed by atoms with van der Waals surface area (Å²) in [6, 6.07) is 0. The van der Waals surface area contributed by atoms with Gasteiger partial charge in [0.05, 0.1) is 40.3 Å². The van der Waals surface area contributed by atoms with Crippen molar-refractivity contribution in [3.05, 3.63) is 0 Å². The van der Waals surface area contributed by atoms with Gasteiger partial charge in [-0.25, -0.2) is 34.4 Å². The van der Waals surface area contributed by atoms with E-state index in [0.717, 1.165) is 0 Å². The van der Waals surface area contributed by atoms with Crippen molar-refractivity contribution in [3.63, 3.8) is 0 Å².